The van der Waals surface area contributed by atoms with E-state index in [1.54, 1.807) is 7.05 Å². The van der Waals surface area contributed by atoms with Crippen LogP contribution in [-0.4, -0.2) is 51.2 Å². The second-order valence-electron chi connectivity index (χ2n) is 5.66. The number of hydrogen-bond acceptors (Lipinski definition) is 5. The van der Waals surface area contributed by atoms with E-state index in [-0.39, 0.29) is 30.5 Å². The average Bonchev–Trinajstić information content (AvgIpc) is 3.27. The van der Waals surface area contributed by atoms with Gasteiger partial charge >= 0.3 is 6.18 Å². The van der Waals surface area contributed by atoms with Gasteiger partial charge in [0.05, 0.1) is 6.54 Å². The van der Waals surface area contributed by atoms with Crippen LogP contribution in [0.2, 0.25) is 0 Å². The molecule has 0 aliphatic carbocycles. The number of aromatic amines is 1. The molecule has 0 aromatic carbocycles. The van der Waals surface area contributed by atoms with Gasteiger partial charge in [0.25, 0.3) is 0 Å². The molecule has 0 atom stereocenters. The minimum Gasteiger partial charge on any atom is -0.350 e. The van der Waals surface area contributed by atoms with Crippen molar-refractivity contribution in [1.29, 1.82) is 0 Å². The minimum atomic E-state index is -4.40. The molecule has 0 saturated carbocycles. The summed E-state index contributed by atoms with van der Waals surface area (Å²) < 4.78 is 37.8. The highest BCUT2D eigenvalue weighted by molar-refractivity contribution is 14.0. The third-order valence-electron chi connectivity index (χ3n) is 4.07. The van der Waals surface area contributed by atoms with Crippen molar-refractivity contribution in [2.24, 2.45) is 4.99 Å². The first-order valence-corrected chi connectivity index (χ1v) is 8.68. The van der Waals surface area contributed by atoms with Crippen molar-refractivity contribution in [1.82, 2.24) is 30.4 Å². The average molecular weight is 501 g/mol. The van der Waals surface area contributed by atoms with Crippen molar-refractivity contribution in [2.75, 3.05) is 20.1 Å². The lowest BCUT2D eigenvalue weighted by Gasteiger charge is -2.33. The Bertz CT molecular complexity index is 708. The molecule has 0 bridgehead atoms. The number of hydrogen-bond donors (Lipinski definition) is 2. The number of piperidine rings is 1. The van der Waals surface area contributed by atoms with Crippen molar-refractivity contribution < 1.29 is 13.2 Å². The van der Waals surface area contributed by atoms with Gasteiger partial charge in [0, 0.05) is 31.4 Å². The molecule has 0 amide bonds. The van der Waals surface area contributed by atoms with Gasteiger partial charge in [-0.1, -0.05) is 0 Å². The van der Waals surface area contributed by atoms with E-state index < -0.39 is 11.9 Å². The summed E-state index contributed by atoms with van der Waals surface area (Å²) >= 11 is 0.988. The Kier molecular flexibility index (Phi) is 7.20. The molecule has 26 heavy (non-hydrogen) atoms. The first-order chi connectivity index (χ1) is 12.0. The van der Waals surface area contributed by atoms with Crippen LogP contribution >= 0.6 is 35.3 Å². The maximum Gasteiger partial charge on any atom is 0.434 e. The number of rotatable bonds is 3. The van der Waals surface area contributed by atoms with Gasteiger partial charge in [0.1, 0.15) is 17.2 Å². The van der Waals surface area contributed by atoms with Crippen LogP contribution in [0.5, 0.6) is 0 Å². The molecule has 2 aromatic rings. The van der Waals surface area contributed by atoms with E-state index in [9.17, 15) is 13.2 Å². The third kappa shape index (κ3) is 5.05. The molecule has 1 aliphatic heterocycles. The summed E-state index contributed by atoms with van der Waals surface area (Å²) in [5.41, 5.74) is -0.850. The van der Waals surface area contributed by atoms with Gasteiger partial charge in [-0.2, -0.15) is 18.3 Å². The van der Waals surface area contributed by atoms with Crippen LogP contribution in [0.25, 0.3) is 0 Å². The fraction of sp³-hybridized carbons (Fsp3) is 0.571. The monoisotopic (exact) mass is 501 g/mol. The van der Waals surface area contributed by atoms with Gasteiger partial charge in [0.2, 0.25) is 0 Å². The van der Waals surface area contributed by atoms with E-state index in [4.69, 9.17) is 0 Å². The van der Waals surface area contributed by atoms with Crippen LogP contribution in [0.4, 0.5) is 13.2 Å². The number of halogens is 4. The molecule has 0 spiro atoms. The first kappa shape index (κ1) is 20.9. The number of aromatic nitrogens is 4. The SMILES string of the molecule is CN=C(NCc1nc(C(F)(F)F)cs1)N1CCC(c2ncn[nH]2)CC1.I. The molecule has 7 nitrogen and oxygen atoms in total. The zero-order valence-electron chi connectivity index (χ0n) is 14.0. The summed E-state index contributed by atoms with van der Waals surface area (Å²) in [5, 5.41) is 11.3. The van der Waals surface area contributed by atoms with Crippen molar-refractivity contribution in [3.63, 3.8) is 0 Å². The molecule has 2 aromatic heterocycles. The number of aliphatic imine (C=N–C) groups is 1. The van der Waals surface area contributed by atoms with E-state index in [1.807, 2.05) is 0 Å². The molecule has 12 heteroatoms. The van der Waals surface area contributed by atoms with Crippen LogP contribution in [-0.2, 0) is 12.7 Å². The number of H-pyrrole nitrogens is 1. The van der Waals surface area contributed by atoms with Crippen LogP contribution in [0.15, 0.2) is 16.7 Å². The Balaban J connectivity index is 0.00000243. The molecule has 1 fully saturated rings. The van der Waals surface area contributed by atoms with Crippen LogP contribution in [0.1, 0.15) is 35.3 Å². The minimum absolute atomic E-state index is 0. The highest BCUT2D eigenvalue weighted by Crippen LogP contribution is 2.30. The molecular weight excluding hydrogens is 482 g/mol. The molecule has 2 N–H and O–H groups in total. The second-order valence-corrected chi connectivity index (χ2v) is 6.60. The topological polar surface area (TPSA) is 82.1 Å². The van der Waals surface area contributed by atoms with Gasteiger partial charge < -0.3 is 10.2 Å². The predicted octanol–water partition coefficient (Wildman–Crippen LogP) is 2.85. The molecule has 0 unspecified atom stereocenters. The molecule has 3 rings (SSSR count). The molecule has 1 aliphatic rings. The molecule has 1 saturated heterocycles. The Hall–Kier alpha value is -1.44. The normalized spacial score (nSPS) is 16.5. The molecule has 3 heterocycles. The van der Waals surface area contributed by atoms with Crippen molar-refractivity contribution in [2.45, 2.75) is 31.5 Å². The molecular formula is C14H19F3IN7S. The smallest absolute Gasteiger partial charge is 0.350 e. The highest BCUT2D eigenvalue weighted by atomic mass is 127. The van der Waals surface area contributed by atoms with E-state index in [0.29, 0.717) is 16.9 Å². The van der Waals surface area contributed by atoms with Crippen LogP contribution in [0, 0.1) is 0 Å². The summed E-state index contributed by atoms with van der Waals surface area (Å²) in [5.74, 6) is 1.90. The van der Waals surface area contributed by atoms with E-state index >= 15 is 0 Å². The largest absolute Gasteiger partial charge is 0.434 e. The molecule has 0 radical (unpaired) electrons. The Morgan fingerprint density at radius 1 is 1.42 bits per heavy atom. The summed E-state index contributed by atoms with van der Waals surface area (Å²) in [6.45, 7) is 1.79. The number of guanidine groups is 1. The molecule has 144 valence electrons. The van der Waals surface area contributed by atoms with E-state index in [1.165, 1.54) is 6.33 Å². The van der Waals surface area contributed by atoms with Gasteiger partial charge in [-0.3, -0.25) is 10.1 Å². The number of alkyl halides is 3. The number of nitrogens with one attached hydrogen (secondary N) is 2. The summed E-state index contributed by atoms with van der Waals surface area (Å²) in [7, 11) is 1.66. The van der Waals surface area contributed by atoms with E-state index in [0.717, 1.165) is 48.5 Å². The van der Waals surface area contributed by atoms with Crippen LogP contribution in [0.3, 0.4) is 0 Å². The van der Waals surface area contributed by atoms with Crippen molar-refractivity contribution in [3.8, 4) is 0 Å². The summed E-state index contributed by atoms with van der Waals surface area (Å²) in [6.07, 6.45) is -1.08. The third-order valence-corrected chi connectivity index (χ3v) is 4.92. The quantitative estimate of drug-likeness (QED) is 0.384. The highest BCUT2D eigenvalue weighted by Gasteiger charge is 2.33. The van der Waals surface area contributed by atoms with Gasteiger partial charge in [0.15, 0.2) is 11.7 Å². The lowest BCUT2D eigenvalue weighted by atomic mass is 9.96. The van der Waals surface area contributed by atoms with Crippen molar-refractivity contribution >= 4 is 41.3 Å². The van der Waals surface area contributed by atoms with E-state index in [2.05, 4.69) is 35.4 Å². The lowest BCUT2D eigenvalue weighted by Crippen LogP contribution is -2.45. The van der Waals surface area contributed by atoms with Crippen LogP contribution < -0.4 is 5.32 Å². The first-order valence-electron chi connectivity index (χ1n) is 7.80. The summed E-state index contributed by atoms with van der Waals surface area (Å²) in [4.78, 5) is 14.1. The van der Waals surface area contributed by atoms with Gasteiger partial charge in [-0.05, 0) is 12.8 Å². The Morgan fingerprint density at radius 3 is 2.69 bits per heavy atom. The Morgan fingerprint density at radius 2 is 2.15 bits per heavy atom. The fourth-order valence-corrected chi connectivity index (χ4v) is 3.53. The lowest BCUT2D eigenvalue weighted by molar-refractivity contribution is -0.140. The maximum absolute atomic E-state index is 12.6. The summed E-state index contributed by atoms with van der Waals surface area (Å²) in [6, 6.07) is 0. The zero-order valence-corrected chi connectivity index (χ0v) is 17.1. The Labute approximate surface area is 169 Å². The fourth-order valence-electron chi connectivity index (χ4n) is 2.79. The predicted molar refractivity (Wildman–Crippen MR) is 103 cm³/mol. The number of nitrogens with zero attached hydrogens (tertiary/aromatic N) is 5. The standard InChI is InChI=1S/C14H18F3N7S.HI/c1-18-13(19-6-11-22-10(7-25-11)14(15,16)17)24-4-2-9(3-5-24)12-20-8-21-23-12;/h7-9H,2-6H2,1H3,(H,18,19)(H,20,21,23);1H. The van der Waals surface area contributed by atoms with Crippen molar-refractivity contribution in [3.05, 3.63) is 28.2 Å². The van der Waals surface area contributed by atoms with Gasteiger partial charge in [-0.25, -0.2) is 9.97 Å². The zero-order chi connectivity index (χ0) is 17.9. The van der Waals surface area contributed by atoms with Gasteiger partial charge in [-0.15, -0.1) is 35.3 Å². The second kappa shape index (κ2) is 8.97. The maximum atomic E-state index is 12.6. The number of thiazole rings is 1. The number of likely N-dealkylation sites (tertiary alicyclic amines) is 1.